The highest BCUT2D eigenvalue weighted by Crippen LogP contribution is 2.38. The van der Waals surface area contributed by atoms with Crippen LogP contribution >= 0.6 is 0 Å². The van der Waals surface area contributed by atoms with Crippen LogP contribution in [0, 0.1) is 11.3 Å². The van der Waals surface area contributed by atoms with Crippen LogP contribution in [0.5, 0.6) is 0 Å². The molecule has 2 rings (SSSR count). The smallest absolute Gasteiger partial charge is 0.223 e. The van der Waals surface area contributed by atoms with Crippen LogP contribution in [0.4, 0.5) is 0 Å². The van der Waals surface area contributed by atoms with Crippen LogP contribution in [-0.2, 0) is 9.59 Å². The molecule has 1 N–H and O–H groups in total. The summed E-state index contributed by atoms with van der Waals surface area (Å²) >= 11 is 0. The van der Waals surface area contributed by atoms with Gasteiger partial charge in [0.05, 0.1) is 0 Å². The summed E-state index contributed by atoms with van der Waals surface area (Å²) < 4.78 is 0. The summed E-state index contributed by atoms with van der Waals surface area (Å²) in [6.07, 6.45) is 11.5. The molecule has 200 valence electrons. The van der Waals surface area contributed by atoms with Gasteiger partial charge in [-0.15, -0.1) is 0 Å². The molecule has 2 saturated heterocycles. The summed E-state index contributed by atoms with van der Waals surface area (Å²) in [7, 11) is 0. The van der Waals surface area contributed by atoms with Crippen molar-refractivity contribution in [1.82, 2.24) is 15.1 Å². The zero-order valence-electron chi connectivity index (χ0n) is 23.8. The number of amides is 2. The largest absolute Gasteiger partial charge is 0.391 e. The maximum atomic E-state index is 13.1. The van der Waals surface area contributed by atoms with Gasteiger partial charge in [0, 0.05) is 44.1 Å². The molecule has 35 heavy (non-hydrogen) atoms. The highest BCUT2D eigenvalue weighted by molar-refractivity contribution is 5.78. The predicted molar refractivity (Wildman–Crippen MR) is 147 cm³/mol. The molecule has 0 aromatic carbocycles. The van der Waals surface area contributed by atoms with Gasteiger partial charge in [-0.3, -0.25) is 9.59 Å². The van der Waals surface area contributed by atoms with Gasteiger partial charge < -0.3 is 15.1 Å². The van der Waals surface area contributed by atoms with E-state index in [-0.39, 0.29) is 17.0 Å². The van der Waals surface area contributed by atoms with Crippen molar-refractivity contribution in [3.05, 3.63) is 23.9 Å². The molecule has 0 aromatic heterocycles. The number of allylic oxidation sites excluding steroid dienone is 2. The van der Waals surface area contributed by atoms with Crippen molar-refractivity contribution in [2.75, 3.05) is 19.6 Å². The van der Waals surface area contributed by atoms with Crippen molar-refractivity contribution in [2.45, 2.75) is 124 Å². The van der Waals surface area contributed by atoms with Crippen LogP contribution in [-0.4, -0.2) is 52.8 Å². The third-order valence-corrected chi connectivity index (χ3v) is 8.30. The van der Waals surface area contributed by atoms with Gasteiger partial charge in [-0.05, 0) is 95.2 Å². The molecule has 0 saturated carbocycles. The Hall–Kier alpha value is -1.78. The topological polar surface area (TPSA) is 52.7 Å². The van der Waals surface area contributed by atoms with Gasteiger partial charge in [0.1, 0.15) is 0 Å². The van der Waals surface area contributed by atoms with E-state index in [4.69, 9.17) is 0 Å². The van der Waals surface area contributed by atoms with E-state index >= 15 is 0 Å². The van der Waals surface area contributed by atoms with Crippen LogP contribution in [0.15, 0.2) is 23.9 Å². The second-order valence-corrected chi connectivity index (χ2v) is 12.3. The molecule has 0 radical (unpaired) electrons. The van der Waals surface area contributed by atoms with Gasteiger partial charge in [-0.2, -0.15) is 0 Å². The van der Waals surface area contributed by atoms with E-state index in [0.29, 0.717) is 30.6 Å². The van der Waals surface area contributed by atoms with Gasteiger partial charge in [-0.25, -0.2) is 0 Å². The second-order valence-electron chi connectivity index (χ2n) is 12.3. The lowest BCUT2D eigenvalue weighted by Crippen LogP contribution is -2.52. The lowest BCUT2D eigenvalue weighted by atomic mass is 9.76. The van der Waals surface area contributed by atoms with Gasteiger partial charge >= 0.3 is 0 Å². The van der Waals surface area contributed by atoms with Gasteiger partial charge in [0.25, 0.3) is 0 Å². The predicted octanol–water partition coefficient (Wildman–Crippen LogP) is 6.45. The fourth-order valence-corrected chi connectivity index (χ4v) is 5.70. The number of nitrogens with one attached hydrogen (secondary N) is 1. The minimum absolute atomic E-state index is 0.0698. The van der Waals surface area contributed by atoms with E-state index in [2.05, 4.69) is 76.4 Å². The van der Waals surface area contributed by atoms with E-state index in [9.17, 15) is 9.59 Å². The molecule has 0 aliphatic carbocycles. The molecular weight excluding hydrogens is 434 g/mol. The Morgan fingerprint density at radius 2 is 1.74 bits per heavy atom. The standard InChI is InChI=1S/C30H53N3O2/c1-9-31-22-26(20-24(3)29(5,6)7)23(2)21-30(8,33-19-11-10-15-28(33)35)17-12-14-25(4)32-18-13-16-27(32)34/h22-23,25,31H,3,9-21H2,1-2,4-8H3/b26-22+. The number of rotatable bonds is 13. The fraction of sp³-hybridized carbons (Fsp3) is 0.800. The minimum atomic E-state index is -0.181. The van der Waals surface area contributed by atoms with Gasteiger partial charge in [-0.1, -0.05) is 39.8 Å². The molecular formula is C30H53N3O2. The fourth-order valence-electron chi connectivity index (χ4n) is 5.70. The molecule has 0 spiro atoms. The zero-order chi connectivity index (χ0) is 26.2. The maximum absolute atomic E-state index is 13.1. The molecule has 5 nitrogen and oxygen atoms in total. The summed E-state index contributed by atoms with van der Waals surface area (Å²) in [6, 6.07) is 0.281. The first-order valence-corrected chi connectivity index (χ1v) is 14.1. The molecule has 2 heterocycles. The van der Waals surface area contributed by atoms with E-state index < -0.39 is 0 Å². The van der Waals surface area contributed by atoms with Gasteiger partial charge in [0.15, 0.2) is 0 Å². The molecule has 2 fully saturated rings. The number of carbonyl (C=O) groups excluding carboxylic acids is 2. The Labute approximate surface area is 215 Å². The van der Waals surface area contributed by atoms with Crippen molar-refractivity contribution in [1.29, 1.82) is 0 Å². The first-order chi connectivity index (χ1) is 16.4. The highest BCUT2D eigenvalue weighted by Gasteiger charge is 2.38. The summed E-state index contributed by atoms with van der Waals surface area (Å²) in [5, 5.41) is 3.43. The normalized spacial score (nSPS) is 21.2. The number of likely N-dealkylation sites (tertiary alicyclic amines) is 2. The Morgan fingerprint density at radius 3 is 2.31 bits per heavy atom. The van der Waals surface area contributed by atoms with Crippen LogP contribution in [0.25, 0.3) is 0 Å². The Bertz CT molecular complexity index is 766. The molecule has 3 unspecified atom stereocenters. The van der Waals surface area contributed by atoms with Crippen LogP contribution in [0.3, 0.4) is 0 Å². The molecule has 2 amide bonds. The first-order valence-electron chi connectivity index (χ1n) is 14.1. The third kappa shape index (κ3) is 8.39. The summed E-state index contributed by atoms with van der Waals surface area (Å²) in [5.41, 5.74) is 2.51. The van der Waals surface area contributed by atoms with E-state index in [1.807, 2.05) is 0 Å². The van der Waals surface area contributed by atoms with Gasteiger partial charge in [0.2, 0.25) is 11.8 Å². The Morgan fingerprint density at radius 1 is 1.06 bits per heavy atom. The van der Waals surface area contributed by atoms with E-state index in [1.165, 1.54) is 11.1 Å². The quantitative estimate of drug-likeness (QED) is 0.304. The number of hydrogen-bond donors (Lipinski definition) is 1. The number of hydrogen-bond acceptors (Lipinski definition) is 3. The minimum Gasteiger partial charge on any atom is -0.391 e. The van der Waals surface area contributed by atoms with Crippen molar-refractivity contribution >= 4 is 11.8 Å². The molecule has 2 aliphatic heterocycles. The number of piperidine rings is 1. The lowest BCUT2D eigenvalue weighted by molar-refractivity contribution is -0.140. The Kier molecular flexibility index (Phi) is 10.9. The molecule has 0 bridgehead atoms. The first kappa shape index (κ1) is 29.5. The second kappa shape index (κ2) is 13.0. The van der Waals surface area contributed by atoms with E-state index in [1.54, 1.807) is 0 Å². The van der Waals surface area contributed by atoms with Crippen LogP contribution in [0.2, 0.25) is 0 Å². The van der Waals surface area contributed by atoms with Crippen molar-refractivity contribution in [2.24, 2.45) is 11.3 Å². The van der Waals surface area contributed by atoms with Crippen LogP contribution in [0.1, 0.15) is 113 Å². The van der Waals surface area contributed by atoms with Crippen molar-refractivity contribution in [3.63, 3.8) is 0 Å². The monoisotopic (exact) mass is 487 g/mol. The van der Waals surface area contributed by atoms with Crippen molar-refractivity contribution in [3.8, 4) is 0 Å². The summed E-state index contributed by atoms with van der Waals surface area (Å²) in [6.45, 7) is 22.7. The summed E-state index contributed by atoms with van der Waals surface area (Å²) in [5.74, 6) is 0.952. The lowest BCUT2D eigenvalue weighted by Gasteiger charge is -2.46. The number of carbonyl (C=O) groups is 2. The molecule has 3 atom stereocenters. The highest BCUT2D eigenvalue weighted by atomic mass is 16.2. The molecule has 5 heteroatoms. The summed E-state index contributed by atoms with van der Waals surface area (Å²) in [4.78, 5) is 29.5. The Balaban J connectivity index is 2.17. The maximum Gasteiger partial charge on any atom is 0.223 e. The molecule has 2 aliphatic rings. The average Bonchev–Trinajstić information content (AvgIpc) is 3.21. The molecule has 0 aromatic rings. The third-order valence-electron chi connectivity index (χ3n) is 8.30. The van der Waals surface area contributed by atoms with Crippen molar-refractivity contribution < 1.29 is 9.59 Å². The van der Waals surface area contributed by atoms with Crippen LogP contribution < -0.4 is 5.32 Å². The number of nitrogens with zero attached hydrogens (tertiary/aromatic N) is 2. The average molecular weight is 488 g/mol. The SMILES string of the molecule is C=C(C/C(=C\NCC)C(C)CC(C)(CCCC(C)N1CCCC1=O)N1CCCCC1=O)C(C)(C)C. The van der Waals surface area contributed by atoms with E-state index in [0.717, 1.165) is 71.0 Å². The zero-order valence-corrected chi connectivity index (χ0v) is 23.8.